The lowest BCUT2D eigenvalue weighted by atomic mass is 10.2. The second-order valence-corrected chi connectivity index (χ2v) is 6.32. The number of carbonyl (C=O) groups is 2. The van der Waals surface area contributed by atoms with E-state index in [-0.39, 0.29) is 30.3 Å². The first-order valence-corrected chi connectivity index (χ1v) is 8.03. The molecule has 0 spiro atoms. The van der Waals surface area contributed by atoms with Gasteiger partial charge in [0.25, 0.3) is 0 Å². The summed E-state index contributed by atoms with van der Waals surface area (Å²) < 4.78 is 0. The van der Waals surface area contributed by atoms with E-state index in [4.69, 9.17) is 0 Å². The fraction of sp³-hybridized carbons (Fsp3) is 0.529. The molecule has 1 heterocycles. The summed E-state index contributed by atoms with van der Waals surface area (Å²) in [6, 6.07) is 9.31. The maximum atomic E-state index is 12.5. The predicted octanol–water partition coefficient (Wildman–Crippen LogP) is 1.72. The lowest BCUT2D eigenvalue weighted by Gasteiger charge is -2.21. The molecule has 0 aromatic heterocycles. The molecule has 1 aliphatic heterocycles. The molecule has 1 aromatic rings. The van der Waals surface area contributed by atoms with E-state index in [1.54, 1.807) is 4.90 Å². The predicted molar refractivity (Wildman–Crippen MR) is 92.8 cm³/mol. The van der Waals surface area contributed by atoms with Gasteiger partial charge in [-0.05, 0) is 50.8 Å². The quantitative estimate of drug-likeness (QED) is 0.831. The van der Waals surface area contributed by atoms with Crippen molar-refractivity contribution in [1.82, 2.24) is 10.6 Å². The molecule has 23 heavy (non-hydrogen) atoms. The lowest BCUT2D eigenvalue weighted by molar-refractivity contribution is -0.125. The van der Waals surface area contributed by atoms with E-state index < -0.39 is 6.04 Å². The average Bonchev–Trinajstić information content (AvgIpc) is 3.27. The number of para-hydroxylation sites is 1. The van der Waals surface area contributed by atoms with Gasteiger partial charge in [0.1, 0.15) is 6.04 Å². The smallest absolute Gasteiger partial charge is 0.249 e. The Hall–Kier alpha value is -1.59. The molecule has 6 heteroatoms. The number of halogens is 1. The van der Waals surface area contributed by atoms with Crippen LogP contribution in [0.5, 0.6) is 0 Å². The van der Waals surface area contributed by atoms with Gasteiger partial charge in [-0.1, -0.05) is 18.2 Å². The van der Waals surface area contributed by atoms with Crippen molar-refractivity contribution in [1.29, 1.82) is 0 Å². The molecule has 5 nitrogen and oxygen atoms in total. The molecule has 2 atom stereocenters. The number of benzene rings is 1. The zero-order valence-electron chi connectivity index (χ0n) is 13.3. The summed E-state index contributed by atoms with van der Waals surface area (Å²) in [7, 11) is 0. The number of nitrogens with one attached hydrogen (secondary N) is 2. The van der Waals surface area contributed by atoms with Crippen LogP contribution < -0.4 is 15.5 Å². The van der Waals surface area contributed by atoms with Crippen LogP contribution in [0.4, 0.5) is 5.69 Å². The van der Waals surface area contributed by atoms with Crippen molar-refractivity contribution in [3.05, 3.63) is 30.3 Å². The molecule has 2 unspecified atom stereocenters. The minimum atomic E-state index is -0.412. The van der Waals surface area contributed by atoms with Crippen molar-refractivity contribution in [2.75, 3.05) is 18.0 Å². The third kappa shape index (κ3) is 4.45. The zero-order valence-corrected chi connectivity index (χ0v) is 14.1. The Labute approximate surface area is 143 Å². The molecular weight excluding hydrogens is 314 g/mol. The van der Waals surface area contributed by atoms with E-state index in [1.165, 1.54) is 12.8 Å². The highest BCUT2D eigenvalue weighted by Gasteiger charge is 2.38. The molecule has 2 aliphatic rings. The third-order valence-corrected chi connectivity index (χ3v) is 4.34. The molecular formula is C17H24ClN3O2. The third-order valence-electron chi connectivity index (χ3n) is 4.34. The highest BCUT2D eigenvalue weighted by atomic mass is 35.5. The van der Waals surface area contributed by atoms with Crippen LogP contribution in [0.2, 0.25) is 0 Å². The lowest BCUT2D eigenvalue weighted by Crippen LogP contribution is -2.45. The molecule has 0 bridgehead atoms. The Morgan fingerprint density at radius 2 is 1.96 bits per heavy atom. The molecule has 3 rings (SSSR count). The monoisotopic (exact) mass is 337 g/mol. The van der Waals surface area contributed by atoms with Gasteiger partial charge >= 0.3 is 0 Å². The molecule has 2 amide bonds. The van der Waals surface area contributed by atoms with Crippen LogP contribution in [0.15, 0.2) is 30.3 Å². The number of amides is 2. The second-order valence-electron chi connectivity index (χ2n) is 6.32. The normalized spacial score (nSPS) is 23.5. The van der Waals surface area contributed by atoms with Crippen molar-refractivity contribution in [3.8, 4) is 0 Å². The molecule has 1 aliphatic carbocycles. The summed E-state index contributed by atoms with van der Waals surface area (Å²) in [4.78, 5) is 26.3. The van der Waals surface area contributed by atoms with Gasteiger partial charge < -0.3 is 15.5 Å². The molecule has 1 aromatic carbocycles. The van der Waals surface area contributed by atoms with E-state index in [9.17, 15) is 9.59 Å². The number of nitrogens with zero attached hydrogens (tertiary/aromatic N) is 1. The first-order valence-electron chi connectivity index (χ1n) is 8.03. The number of rotatable bonds is 6. The van der Waals surface area contributed by atoms with Crippen molar-refractivity contribution < 1.29 is 9.59 Å². The first-order chi connectivity index (χ1) is 10.6. The maximum Gasteiger partial charge on any atom is 0.249 e. The van der Waals surface area contributed by atoms with Crippen molar-refractivity contribution in [2.45, 2.75) is 38.3 Å². The van der Waals surface area contributed by atoms with Gasteiger partial charge in [-0.25, -0.2) is 0 Å². The van der Waals surface area contributed by atoms with E-state index in [0.717, 1.165) is 18.2 Å². The number of carbonyl (C=O) groups excluding carboxylic acids is 2. The molecule has 2 N–H and O–H groups in total. The summed E-state index contributed by atoms with van der Waals surface area (Å²) in [5.74, 6) is 0.630. The van der Waals surface area contributed by atoms with Gasteiger partial charge in [0.2, 0.25) is 11.8 Å². The zero-order chi connectivity index (χ0) is 15.5. The van der Waals surface area contributed by atoms with Crippen LogP contribution in [0.25, 0.3) is 0 Å². The fourth-order valence-corrected chi connectivity index (χ4v) is 2.98. The van der Waals surface area contributed by atoms with Gasteiger partial charge in [0.15, 0.2) is 0 Å². The summed E-state index contributed by atoms with van der Waals surface area (Å²) >= 11 is 0. The fourth-order valence-electron chi connectivity index (χ4n) is 2.98. The Morgan fingerprint density at radius 1 is 1.26 bits per heavy atom. The molecule has 2 fully saturated rings. The van der Waals surface area contributed by atoms with Gasteiger partial charge in [-0.3, -0.25) is 9.59 Å². The van der Waals surface area contributed by atoms with Crippen LogP contribution in [0, 0.1) is 5.92 Å². The Kier molecular flexibility index (Phi) is 6.02. The Bertz CT molecular complexity index is 548. The van der Waals surface area contributed by atoms with Gasteiger partial charge in [0, 0.05) is 11.7 Å². The Morgan fingerprint density at radius 3 is 2.61 bits per heavy atom. The van der Waals surface area contributed by atoms with Crippen molar-refractivity contribution >= 4 is 29.9 Å². The number of anilines is 1. The topological polar surface area (TPSA) is 61.4 Å². The largest absolute Gasteiger partial charge is 0.343 e. The second kappa shape index (κ2) is 7.79. The molecule has 1 saturated carbocycles. The SMILES string of the molecule is CC1CC(NC(=O)CNCC2CC2)C(=O)N1c1ccccc1.Cl. The summed E-state index contributed by atoms with van der Waals surface area (Å²) in [6.45, 7) is 3.21. The van der Waals surface area contributed by atoms with Gasteiger partial charge in [-0.2, -0.15) is 0 Å². The van der Waals surface area contributed by atoms with Gasteiger partial charge in [0.05, 0.1) is 6.54 Å². The molecule has 126 valence electrons. The standard InChI is InChI=1S/C17H23N3O2.ClH/c1-12-9-15(19-16(21)11-18-10-13-7-8-13)17(22)20(12)14-5-3-2-4-6-14;/h2-6,12-13,15,18H,7-11H2,1H3,(H,19,21);1H. The first kappa shape index (κ1) is 17.8. The Balaban J connectivity index is 0.00000192. The van der Waals surface area contributed by atoms with Crippen LogP contribution >= 0.6 is 12.4 Å². The van der Waals surface area contributed by atoms with E-state index in [2.05, 4.69) is 10.6 Å². The van der Waals surface area contributed by atoms with E-state index >= 15 is 0 Å². The summed E-state index contributed by atoms with van der Waals surface area (Å²) in [5, 5.41) is 6.01. The number of hydrogen-bond acceptors (Lipinski definition) is 3. The van der Waals surface area contributed by atoms with Crippen molar-refractivity contribution in [2.24, 2.45) is 5.92 Å². The van der Waals surface area contributed by atoms with Crippen LogP contribution in [0.1, 0.15) is 26.2 Å². The van der Waals surface area contributed by atoms with E-state index in [0.29, 0.717) is 13.0 Å². The number of hydrogen-bond donors (Lipinski definition) is 2. The van der Waals surface area contributed by atoms with Crippen LogP contribution in [-0.4, -0.2) is 37.0 Å². The average molecular weight is 338 g/mol. The molecule has 1 saturated heterocycles. The minimum Gasteiger partial charge on any atom is -0.343 e. The summed E-state index contributed by atoms with van der Waals surface area (Å²) in [6.07, 6.45) is 3.18. The minimum absolute atomic E-state index is 0. The van der Waals surface area contributed by atoms with E-state index in [1.807, 2.05) is 37.3 Å². The molecule has 0 radical (unpaired) electrons. The van der Waals surface area contributed by atoms with Crippen molar-refractivity contribution in [3.63, 3.8) is 0 Å². The van der Waals surface area contributed by atoms with Crippen LogP contribution in [-0.2, 0) is 9.59 Å². The highest BCUT2D eigenvalue weighted by Crippen LogP contribution is 2.27. The highest BCUT2D eigenvalue weighted by molar-refractivity contribution is 6.02. The maximum absolute atomic E-state index is 12.5. The summed E-state index contributed by atoms with van der Waals surface area (Å²) in [5.41, 5.74) is 0.892. The van der Waals surface area contributed by atoms with Gasteiger partial charge in [-0.15, -0.1) is 12.4 Å². The van der Waals surface area contributed by atoms with Crippen LogP contribution in [0.3, 0.4) is 0 Å².